The quantitative estimate of drug-likeness (QED) is 0.686. The van der Waals surface area contributed by atoms with Gasteiger partial charge in [0.15, 0.2) is 0 Å². The number of nitrogens with one attached hydrogen (secondary N) is 1. The van der Waals surface area contributed by atoms with Gasteiger partial charge in [0.2, 0.25) is 0 Å². The van der Waals surface area contributed by atoms with Gasteiger partial charge in [-0.15, -0.1) is 0 Å². The molecule has 4 rings (SSSR count). The van der Waals surface area contributed by atoms with Crippen molar-refractivity contribution in [3.8, 4) is 22.7 Å². The summed E-state index contributed by atoms with van der Waals surface area (Å²) in [6, 6.07) is 14.1. The Labute approximate surface area is 158 Å². The van der Waals surface area contributed by atoms with E-state index in [1.54, 1.807) is 7.11 Å². The maximum absolute atomic E-state index is 6.27. The number of nitrogens with zero attached hydrogens (tertiary/aromatic N) is 2. The second-order valence-corrected chi connectivity index (χ2v) is 7.09. The van der Waals surface area contributed by atoms with E-state index in [0.29, 0.717) is 5.02 Å². The van der Waals surface area contributed by atoms with E-state index in [9.17, 15) is 0 Å². The molecule has 5 heteroatoms. The van der Waals surface area contributed by atoms with Crippen molar-refractivity contribution in [1.29, 1.82) is 0 Å². The van der Waals surface area contributed by atoms with E-state index >= 15 is 0 Å². The molecule has 0 amide bonds. The van der Waals surface area contributed by atoms with Gasteiger partial charge in [0, 0.05) is 22.7 Å². The lowest BCUT2D eigenvalue weighted by Gasteiger charge is -2.13. The third-order valence-electron chi connectivity index (χ3n) is 4.79. The van der Waals surface area contributed by atoms with Gasteiger partial charge >= 0.3 is 0 Å². The molecule has 4 nitrogen and oxygen atoms in total. The molecule has 26 heavy (non-hydrogen) atoms. The molecule has 3 aromatic rings. The van der Waals surface area contributed by atoms with Gasteiger partial charge in [-0.1, -0.05) is 35.4 Å². The van der Waals surface area contributed by atoms with Crippen LogP contribution in [0.4, 0.5) is 5.82 Å². The van der Waals surface area contributed by atoms with Crippen molar-refractivity contribution in [2.24, 2.45) is 0 Å². The third kappa shape index (κ3) is 3.06. The summed E-state index contributed by atoms with van der Waals surface area (Å²) in [4.78, 5) is 0. The second kappa shape index (κ2) is 7.04. The molecule has 1 aliphatic heterocycles. The highest BCUT2D eigenvalue weighted by atomic mass is 35.5. The monoisotopic (exact) mass is 367 g/mol. The first-order valence-corrected chi connectivity index (χ1v) is 9.32. The molecule has 0 saturated carbocycles. The fourth-order valence-corrected chi connectivity index (χ4v) is 3.70. The van der Waals surface area contributed by atoms with E-state index in [1.807, 2.05) is 22.9 Å². The minimum absolute atomic E-state index is 0.663. The molecular formula is C21H22ClN3O. The fraction of sp³-hybridized carbons (Fsp3) is 0.286. The molecule has 0 saturated heterocycles. The lowest BCUT2D eigenvalue weighted by molar-refractivity contribution is 0.412. The summed E-state index contributed by atoms with van der Waals surface area (Å²) in [5.41, 5.74) is 5.51. The zero-order valence-corrected chi connectivity index (χ0v) is 15.8. The number of hydrogen-bond acceptors (Lipinski definition) is 3. The van der Waals surface area contributed by atoms with Crippen LogP contribution >= 0.6 is 11.6 Å². The van der Waals surface area contributed by atoms with Gasteiger partial charge in [-0.05, 0) is 50.5 Å². The molecule has 2 heterocycles. The average Bonchev–Trinajstić information content (AvgIpc) is 2.82. The average molecular weight is 368 g/mol. The molecule has 134 valence electrons. The van der Waals surface area contributed by atoms with Crippen molar-refractivity contribution in [3.63, 3.8) is 0 Å². The Kier molecular flexibility index (Phi) is 4.60. The summed E-state index contributed by atoms with van der Waals surface area (Å²) in [6.07, 6.45) is 3.31. The van der Waals surface area contributed by atoms with Gasteiger partial charge in [0.1, 0.15) is 17.3 Å². The number of hydrogen-bond donors (Lipinski definition) is 1. The van der Waals surface area contributed by atoms with E-state index in [2.05, 4.69) is 36.5 Å². The predicted octanol–water partition coefficient (Wildman–Crippen LogP) is 5.26. The Balaban J connectivity index is 1.95. The summed E-state index contributed by atoms with van der Waals surface area (Å²) in [7, 11) is 1.67. The highest BCUT2D eigenvalue weighted by molar-refractivity contribution is 6.30. The van der Waals surface area contributed by atoms with Crippen molar-refractivity contribution in [2.45, 2.75) is 26.2 Å². The van der Waals surface area contributed by atoms with E-state index < -0.39 is 0 Å². The van der Waals surface area contributed by atoms with Crippen LogP contribution in [0.25, 0.3) is 16.9 Å². The van der Waals surface area contributed by atoms with Gasteiger partial charge in [-0.3, -0.25) is 0 Å². The van der Waals surface area contributed by atoms with Crippen molar-refractivity contribution in [1.82, 2.24) is 9.78 Å². The minimum Gasteiger partial charge on any atom is -0.494 e. The lowest BCUT2D eigenvalue weighted by Crippen LogP contribution is -2.08. The van der Waals surface area contributed by atoms with Crippen molar-refractivity contribution >= 4 is 17.4 Å². The van der Waals surface area contributed by atoms with Gasteiger partial charge in [0.05, 0.1) is 12.8 Å². The van der Waals surface area contributed by atoms with Crippen LogP contribution in [-0.4, -0.2) is 23.4 Å². The first-order chi connectivity index (χ1) is 12.7. The van der Waals surface area contributed by atoms with Crippen LogP contribution in [0.15, 0.2) is 42.5 Å². The SMILES string of the molecule is COc1ccc(Cl)cc1-n1nc(-c2cccc(C)c2)c2c1NCCCC2. The topological polar surface area (TPSA) is 39.1 Å². The molecule has 1 aromatic heterocycles. The Morgan fingerprint density at radius 2 is 2.04 bits per heavy atom. The van der Waals surface area contributed by atoms with E-state index in [-0.39, 0.29) is 0 Å². The summed E-state index contributed by atoms with van der Waals surface area (Å²) in [5.74, 6) is 1.79. The first-order valence-electron chi connectivity index (χ1n) is 8.94. The van der Waals surface area contributed by atoms with E-state index in [4.69, 9.17) is 21.4 Å². The smallest absolute Gasteiger partial charge is 0.144 e. The number of methoxy groups -OCH3 is 1. The Morgan fingerprint density at radius 3 is 2.85 bits per heavy atom. The molecule has 2 aromatic carbocycles. The summed E-state index contributed by atoms with van der Waals surface area (Å²) in [6.45, 7) is 3.05. The van der Waals surface area contributed by atoms with Crippen molar-refractivity contribution in [2.75, 3.05) is 19.0 Å². The molecule has 0 bridgehead atoms. The molecule has 0 unspecified atom stereocenters. The Hall–Kier alpha value is -2.46. The second-order valence-electron chi connectivity index (χ2n) is 6.66. The molecule has 0 atom stereocenters. The largest absolute Gasteiger partial charge is 0.494 e. The lowest BCUT2D eigenvalue weighted by atomic mass is 10.0. The number of fused-ring (bicyclic) bond motifs is 1. The Bertz CT molecular complexity index is 948. The number of rotatable bonds is 3. The minimum atomic E-state index is 0.663. The molecule has 0 fully saturated rings. The zero-order chi connectivity index (χ0) is 18.1. The van der Waals surface area contributed by atoms with Gasteiger partial charge in [-0.2, -0.15) is 5.10 Å². The summed E-state index contributed by atoms with van der Waals surface area (Å²) in [5, 5.41) is 9.21. The third-order valence-corrected chi connectivity index (χ3v) is 5.03. The van der Waals surface area contributed by atoms with Gasteiger partial charge in [-0.25, -0.2) is 4.68 Å². The Morgan fingerprint density at radius 1 is 1.15 bits per heavy atom. The number of anilines is 1. The van der Waals surface area contributed by atoms with Crippen LogP contribution in [0.1, 0.15) is 24.0 Å². The van der Waals surface area contributed by atoms with Crippen LogP contribution in [-0.2, 0) is 6.42 Å². The predicted molar refractivity (Wildman–Crippen MR) is 107 cm³/mol. The molecular weight excluding hydrogens is 346 g/mol. The van der Waals surface area contributed by atoms with Crippen LogP contribution < -0.4 is 10.1 Å². The molecule has 0 radical (unpaired) electrons. The number of aromatic nitrogens is 2. The maximum Gasteiger partial charge on any atom is 0.144 e. The van der Waals surface area contributed by atoms with Gasteiger partial charge < -0.3 is 10.1 Å². The number of benzene rings is 2. The van der Waals surface area contributed by atoms with Crippen LogP contribution in [0, 0.1) is 6.92 Å². The highest BCUT2D eigenvalue weighted by Gasteiger charge is 2.23. The molecule has 0 spiro atoms. The molecule has 0 aliphatic carbocycles. The zero-order valence-electron chi connectivity index (χ0n) is 15.1. The fourth-order valence-electron chi connectivity index (χ4n) is 3.53. The van der Waals surface area contributed by atoms with Crippen molar-refractivity contribution in [3.05, 3.63) is 58.6 Å². The van der Waals surface area contributed by atoms with Gasteiger partial charge in [0.25, 0.3) is 0 Å². The van der Waals surface area contributed by atoms with Crippen LogP contribution in [0.5, 0.6) is 5.75 Å². The van der Waals surface area contributed by atoms with E-state index in [0.717, 1.165) is 54.3 Å². The summed E-state index contributed by atoms with van der Waals surface area (Å²) >= 11 is 6.27. The molecule has 1 aliphatic rings. The van der Waals surface area contributed by atoms with Crippen LogP contribution in [0.2, 0.25) is 5.02 Å². The first kappa shape index (κ1) is 17.0. The van der Waals surface area contributed by atoms with Crippen molar-refractivity contribution < 1.29 is 4.74 Å². The van der Waals surface area contributed by atoms with E-state index in [1.165, 1.54) is 11.1 Å². The number of aryl methyl sites for hydroxylation is 1. The van der Waals surface area contributed by atoms with Crippen LogP contribution in [0.3, 0.4) is 0 Å². The number of ether oxygens (including phenoxy) is 1. The maximum atomic E-state index is 6.27. The standard InChI is InChI=1S/C21H22ClN3O/c1-14-6-5-7-15(12-14)20-17-8-3-4-11-23-21(17)25(24-20)18-13-16(22)9-10-19(18)26-2/h5-7,9-10,12-13,23H,3-4,8,11H2,1-2H3. The highest BCUT2D eigenvalue weighted by Crippen LogP contribution is 2.37. The molecule has 1 N–H and O–H groups in total. The summed E-state index contributed by atoms with van der Waals surface area (Å²) < 4.78 is 7.51. The number of halogens is 1. The normalized spacial score (nSPS) is 13.7.